The number of carbonyl (C=O) groups excluding carboxylic acids is 2. The summed E-state index contributed by atoms with van der Waals surface area (Å²) in [5.74, 6) is -1.42. The molecule has 28 heavy (non-hydrogen) atoms. The van der Waals surface area contributed by atoms with Crippen LogP contribution in [-0.2, 0) is 16.1 Å². The second kappa shape index (κ2) is 7.94. The molecule has 6 nitrogen and oxygen atoms in total. The maximum atomic E-state index is 12.4. The number of esters is 1. The highest BCUT2D eigenvalue weighted by Gasteiger charge is 2.26. The van der Waals surface area contributed by atoms with Crippen LogP contribution >= 0.6 is 0 Å². The highest BCUT2D eigenvalue weighted by molar-refractivity contribution is 6.43. The van der Waals surface area contributed by atoms with Crippen molar-refractivity contribution in [3.8, 4) is 0 Å². The average Bonchev–Trinajstić information content (AvgIpc) is 3.13. The van der Waals surface area contributed by atoms with Crippen molar-refractivity contribution in [2.24, 2.45) is 0 Å². The van der Waals surface area contributed by atoms with Crippen molar-refractivity contribution in [2.45, 2.75) is 25.4 Å². The standard InChI is InChI=1S/C22H23N3O3/c1-28-22(27)21(26)19-15-25(20-8-3-2-7-18(19)20)17-9-12-24(13-10-17)14-16-6-4-5-11-23-16/h2-8,11,15,17H,9-10,12-14H2,1H3. The van der Waals surface area contributed by atoms with Gasteiger partial charge in [0.25, 0.3) is 5.78 Å². The fourth-order valence-electron chi connectivity index (χ4n) is 3.97. The molecule has 2 aromatic heterocycles. The van der Waals surface area contributed by atoms with Crippen LogP contribution in [0.15, 0.2) is 54.9 Å². The van der Waals surface area contributed by atoms with Crippen LogP contribution in [0.1, 0.15) is 34.9 Å². The topological polar surface area (TPSA) is 64.4 Å². The van der Waals surface area contributed by atoms with Gasteiger partial charge in [0.1, 0.15) is 0 Å². The molecule has 3 aromatic rings. The zero-order valence-corrected chi connectivity index (χ0v) is 15.9. The number of Topliss-reactive ketones (excluding diaryl/α,β-unsaturated/α-hetero) is 1. The molecule has 1 saturated heterocycles. The molecular weight excluding hydrogens is 354 g/mol. The van der Waals surface area contributed by atoms with E-state index in [2.05, 4.69) is 25.3 Å². The maximum Gasteiger partial charge on any atom is 0.379 e. The molecule has 1 aliphatic heterocycles. The van der Waals surface area contributed by atoms with Crippen molar-refractivity contribution in [3.05, 3.63) is 66.1 Å². The third-order valence-electron chi connectivity index (χ3n) is 5.42. The highest BCUT2D eigenvalue weighted by Crippen LogP contribution is 2.31. The minimum Gasteiger partial charge on any atom is -0.463 e. The van der Waals surface area contributed by atoms with Gasteiger partial charge in [-0.15, -0.1) is 0 Å². The molecule has 0 amide bonds. The van der Waals surface area contributed by atoms with Crippen LogP contribution in [0, 0.1) is 0 Å². The summed E-state index contributed by atoms with van der Waals surface area (Å²) >= 11 is 0. The number of hydrogen-bond donors (Lipinski definition) is 0. The van der Waals surface area contributed by atoms with Crippen LogP contribution in [0.4, 0.5) is 0 Å². The van der Waals surface area contributed by atoms with E-state index in [1.54, 1.807) is 0 Å². The van der Waals surface area contributed by atoms with E-state index in [0.717, 1.165) is 49.1 Å². The van der Waals surface area contributed by atoms with Crippen LogP contribution in [0.2, 0.25) is 0 Å². The number of aromatic nitrogens is 2. The van der Waals surface area contributed by atoms with E-state index in [1.807, 2.05) is 48.8 Å². The summed E-state index contributed by atoms with van der Waals surface area (Å²) in [5, 5.41) is 0.800. The molecule has 0 spiro atoms. The Kier molecular flexibility index (Phi) is 5.21. The summed E-state index contributed by atoms with van der Waals surface area (Å²) in [6, 6.07) is 14.0. The fourth-order valence-corrected chi connectivity index (χ4v) is 3.97. The monoisotopic (exact) mass is 377 g/mol. The first-order chi connectivity index (χ1) is 13.7. The molecule has 0 saturated carbocycles. The Labute approximate surface area is 163 Å². The molecule has 4 rings (SSSR count). The molecule has 1 aliphatic rings. The number of nitrogens with zero attached hydrogens (tertiary/aromatic N) is 3. The van der Waals surface area contributed by atoms with Gasteiger partial charge in [0.05, 0.1) is 18.4 Å². The predicted molar refractivity (Wildman–Crippen MR) is 106 cm³/mol. The summed E-state index contributed by atoms with van der Waals surface area (Å²) < 4.78 is 6.79. The SMILES string of the molecule is COC(=O)C(=O)c1cn(C2CCN(Cc3ccccn3)CC2)c2ccccc12. The number of methoxy groups -OCH3 is 1. The number of hydrogen-bond acceptors (Lipinski definition) is 5. The van der Waals surface area contributed by atoms with Crippen molar-refractivity contribution in [3.63, 3.8) is 0 Å². The molecule has 144 valence electrons. The van der Waals surface area contributed by atoms with Gasteiger partial charge in [0, 0.05) is 49.0 Å². The van der Waals surface area contributed by atoms with Crippen LogP contribution in [0.3, 0.4) is 0 Å². The van der Waals surface area contributed by atoms with Gasteiger partial charge in [-0.05, 0) is 31.0 Å². The first-order valence-electron chi connectivity index (χ1n) is 9.52. The summed E-state index contributed by atoms with van der Waals surface area (Å²) in [7, 11) is 1.23. The lowest BCUT2D eigenvalue weighted by Gasteiger charge is -2.32. The van der Waals surface area contributed by atoms with Crippen LogP contribution in [0.5, 0.6) is 0 Å². The zero-order valence-electron chi connectivity index (χ0n) is 15.9. The third-order valence-corrected chi connectivity index (χ3v) is 5.42. The molecular formula is C22H23N3O3. The van der Waals surface area contributed by atoms with E-state index < -0.39 is 11.8 Å². The van der Waals surface area contributed by atoms with Crippen molar-refractivity contribution in [1.29, 1.82) is 0 Å². The van der Waals surface area contributed by atoms with Gasteiger partial charge in [0.15, 0.2) is 0 Å². The number of carbonyl (C=O) groups is 2. The molecule has 1 aromatic carbocycles. The number of piperidine rings is 1. The number of ketones is 1. The Morgan fingerprint density at radius 2 is 1.86 bits per heavy atom. The van der Waals surface area contributed by atoms with E-state index in [0.29, 0.717) is 11.6 Å². The van der Waals surface area contributed by atoms with Gasteiger partial charge < -0.3 is 9.30 Å². The summed E-state index contributed by atoms with van der Waals surface area (Å²) in [4.78, 5) is 31.0. The van der Waals surface area contributed by atoms with Crippen LogP contribution in [0.25, 0.3) is 10.9 Å². The van der Waals surface area contributed by atoms with E-state index in [4.69, 9.17) is 0 Å². The normalized spacial score (nSPS) is 15.6. The largest absolute Gasteiger partial charge is 0.463 e. The number of likely N-dealkylation sites (tertiary alicyclic amines) is 1. The minimum atomic E-state index is -0.826. The zero-order chi connectivity index (χ0) is 19.5. The fraction of sp³-hybridized carbons (Fsp3) is 0.318. The first-order valence-corrected chi connectivity index (χ1v) is 9.52. The van der Waals surface area contributed by atoms with Crippen molar-refractivity contribution in [1.82, 2.24) is 14.5 Å². The second-order valence-electron chi connectivity index (χ2n) is 7.12. The smallest absolute Gasteiger partial charge is 0.379 e. The lowest BCUT2D eigenvalue weighted by Crippen LogP contribution is -2.34. The predicted octanol–water partition coefficient (Wildman–Crippen LogP) is 3.23. The van der Waals surface area contributed by atoms with E-state index in [1.165, 1.54) is 7.11 Å². The lowest BCUT2D eigenvalue weighted by atomic mass is 10.0. The Morgan fingerprint density at radius 3 is 2.57 bits per heavy atom. The number of ether oxygens (including phenoxy) is 1. The number of benzene rings is 1. The van der Waals surface area contributed by atoms with Crippen LogP contribution in [-0.4, -0.2) is 46.4 Å². The highest BCUT2D eigenvalue weighted by atomic mass is 16.5. The number of para-hydroxylation sites is 1. The van der Waals surface area contributed by atoms with E-state index in [-0.39, 0.29) is 0 Å². The quantitative estimate of drug-likeness (QED) is 0.388. The van der Waals surface area contributed by atoms with Gasteiger partial charge in [-0.25, -0.2) is 4.79 Å². The Balaban J connectivity index is 1.54. The maximum absolute atomic E-state index is 12.4. The van der Waals surface area contributed by atoms with Gasteiger partial charge in [-0.1, -0.05) is 24.3 Å². The lowest BCUT2D eigenvalue weighted by molar-refractivity contribution is -0.135. The Morgan fingerprint density at radius 1 is 1.11 bits per heavy atom. The number of pyridine rings is 1. The average molecular weight is 377 g/mol. The van der Waals surface area contributed by atoms with Crippen molar-refractivity contribution < 1.29 is 14.3 Å². The van der Waals surface area contributed by atoms with Gasteiger partial charge in [0.2, 0.25) is 0 Å². The van der Waals surface area contributed by atoms with E-state index in [9.17, 15) is 9.59 Å². The summed E-state index contributed by atoms with van der Waals surface area (Å²) in [6.45, 7) is 2.79. The van der Waals surface area contributed by atoms with Crippen molar-refractivity contribution >= 4 is 22.7 Å². The summed E-state index contributed by atoms with van der Waals surface area (Å²) in [5.41, 5.74) is 2.48. The molecule has 0 unspecified atom stereocenters. The summed E-state index contributed by atoms with van der Waals surface area (Å²) in [6.07, 6.45) is 5.62. The van der Waals surface area contributed by atoms with Gasteiger partial charge in [-0.2, -0.15) is 0 Å². The van der Waals surface area contributed by atoms with E-state index >= 15 is 0 Å². The number of rotatable bonds is 5. The molecule has 1 fully saturated rings. The number of fused-ring (bicyclic) bond motifs is 1. The third kappa shape index (κ3) is 3.55. The van der Waals surface area contributed by atoms with Crippen molar-refractivity contribution in [2.75, 3.05) is 20.2 Å². The second-order valence-corrected chi connectivity index (χ2v) is 7.12. The Bertz CT molecular complexity index is 989. The molecule has 0 atom stereocenters. The molecule has 0 aliphatic carbocycles. The molecule has 0 radical (unpaired) electrons. The molecule has 3 heterocycles. The minimum absolute atomic E-state index is 0.295. The molecule has 0 N–H and O–H groups in total. The van der Waals surface area contributed by atoms with Gasteiger partial charge in [-0.3, -0.25) is 14.7 Å². The van der Waals surface area contributed by atoms with Crippen LogP contribution < -0.4 is 0 Å². The Hall–Kier alpha value is -2.99. The molecule has 0 bridgehead atoms. The van der Waals surface area contributed by atoms with Gasteiger partial charge >= 0.3 is 5.97 Å². The first kappa shape index (κ1) is 18.4. The molecule has 6 heteroatoms.